The second-order valence-electron chi connectivity index (χ2n) is 15.5. The summed E-state index contributed by atoms with van der Waals surface area (Å²) in [5.74, 6) is 22.7. The fraction of sp³-hybridized carbons (Fsp3) is 0.0667. The molecule has 0 atom stereocenters. The molecule has 2 aliphatic carbocycles. The molecule has 0 saturated heterocycles. The third kappa shape index (κ3) is 6.49. The van der Waals surface area contributed by atoms with E-state index in [0.29, 0.717) is 34.1 Å². The zero-order chi connectivity index (χ0) is 43.0. The van der Waals surface area contributed by atoms with E-state index in [-0.39, 0.29) is 0 Å². The fourth-order valence-corrected chi connectivity index (χ4v) is 9.26. The molecule has 8 aromatic rings. The van der Waals surface area contributed by atoms with E-state index in [1.54, 1.807) is 14.2 Å². The quantitative estimate of drug-likeness (QED) is 0.157. The molecule has 0 unspecified atom stereocenters. The first-order valence-electron chi connectivity index (χ1n) is 20.6. The van der Waals surface area contributed by atoms with Gasteiger partial charge in [-0.3, -0.25) is 0 Å². The third-order valence-corrected chi connectivity index (χ3v) is 12.1. The predicted octanol–water partition coefficient (Wildman–Crippen LogP) is 12.2. The number of fused-ring (bicyclic) bond motifs is 6. The molecular weight excluding hydrogens is 769 g/mol. The summed E-state index contributed by atoms with van der Waals surface area (Å²) in [5, 5.41) is 0. The Balaban J connectivity index is 1.03. The van der Waals surface area contributed by atoms with Gasteiger partial charge in [-0.2, -0.15) is 0 Å². The highest BCUT2D eigenvalue weighted by molar-refractivity contribution is 5.87. The first kappa shape index (κ1) is 38.6. The van der Waals surface area contributed by atoms with Crippen molar-refractivity contribution in [3.05, 3.63) is 238 Å². The minimum Gasteiger partial charge on any atom is -0.497 e. The summed E-state index contributed by atoms with van der Waals surface area (Å²) in [6.07, 6.45) is 11.6. The molecule has 3 nitrogen and oxygen atoms in total. The molecule has 8 aromatic carbocycles. The number of ether oxygens (including phenoxy) is 3. The van der Waals surface area contributed by atoms with Crippen molar-refractivity contribution in [2.24, 2.45) is 0 Å². The third-order valence-electron chi connectivity index (χ3n) is 12.1. The van der Waals surface area contributed by atoms with E-state index >= 15 is 0 Å². The van der Waals surface area contributed by atoms with Crippen LogP contribution in [0.3, 0.4) is 0 Å². The normalized spacial score (nSPS) is 12.9. The van der Waals surface area contributed by atoms with Gasteiger partial charge >= 0.3 is 0 Å². The predicted molar refractivity (Wildman–Crippen MR) is 252 cm³/mol. The van der Waals surface area contributed by atoms with Crippen molar-refractivity contribution in [3.63, 3.8) is 0 Å². The van der Waals surface area contributed by atoms with E-state index in [1.807, 2.05) is 60.7 Å². The highest BCUT2D eigenvalue weighted by Crippen LogP contribution is 2.54. The minimum absolute atomic E-state index is 0.666. The summed E-state index contributed by atoms with van der Waals surface area (Å²) in [6, 6.07) is 62.0. The largest absolute Gasteiger partial charge is 0.497 e. The molecule has 0 radical (unpaired) electrons. The minimum atomic E-state index is -0.761. The summed E-state index contributed by atoms with van der Waals surface area (Å²) >= 11 is 0. The van der Waals surface area contributed by atoms with Gasteiger partial charge in [0.15, 0.2) is 0 Å². The summed E-state index contributed by atoms with van der Waals surface area (Å²) in [6.45, 7) is 0. The first-order chi connectivity index (χ1) is 31.0. The summed E-state index contributed by atoms with van der Waals surface area (Å²) in [7, 11) is 3.27. The van der Waals surface area contributed by atoms with Crippen molar-refractivity contribution in [1.82, 2.24) is 0 Å². The Morgan fingerprint density at radius 3 is 1.00 bits per heavy atom. The van der Waals surface area contributed by atoms with Gasteiger partial charge in [0, 0.05) is 22.3 Å². The molecule has 0 heterocycles. The summed E-state index contributed by atoms with van der Waals surface area (Å²) in [4.78, 5) is 0. The van der Waals surface area contributed by atoms with Crippen molar-refractivity contribution in [2.75, 3.05) is 14.2 Å². The second kappa shape index (κ2) is 15.8. The van der Waals surface area contributed by atoms with Gasteiger partial charge in [-0.15, -0.1) is 12.8 Å². The second-order valence-corrected chi connectivity index (χ2v) is 15.5. The van der Waals surface area contributed by atoms with Crippen LogP contribution in [-0.2, 0) is 10.8 Å². The number of benzene rings is 8. The monoisotopic (exact) mass is 806 g/mol. The highest BCUT2D eigenvalue weighted by Gasteiger charge is 2.45. The number of terminal acetylenes is 2. The molecule has 0 bridgehead atoms. The van der Waals surface area contributed by atoms with Gasteiger partial charge < -0.3 is 14.2 Å². The van der Waals surface area contributed by atoms with Crippen molar-refractivity contribution in [1.29, 1.82) is 0 Å². The molecule has 63 heavy (non-hydrogen) atoms. The smallest absolute Gasteiger partial charge is 0.127 e. The van der Waals surface area contributed by atoms with Crippen molar-refractivity contribution in [3.8, 4) is 93.6 Å². The molecule has 0 saturated carbocycles. The summed E-state index contributed by atoms with van der Waals surface area (Å²) < 4.78 is 17.7. The van der Waals surface area contributed by atoms with Gasteiger partial charge in [0.1, 0.15) is 33.8 Å². The van der Waals surface area contributed by atoms with Crippen LogP contribution in [0.1, 0.15) is 55.6 Å². The first-order valence-corrected chi connectivity index (χ1v) is 20.6. The molecule has 0 fully saturated rings. The van der Waals surface area contributed by atoms with E-state index in [9.17, 15) is 0 Å². The van der Waals surface area contributed by atoms with Crippen LogP contribution >= 0.6 is 0 Å². The topological polar surface area (TPSA) is 27.7 Å². The number of methoxy groups -OCH3 is 2. The molecule has 296 valence electrons. The Hall–Kier alpha value is -8.60. The molecule has 0 aliphatic heterocycles. The SMILES string of the molecule is C#Cc1cc(C#CC2(c3ccc(Oc4ccc(C5(C#Cc6cc(C#C)cc(OC)c6)c6ccccc6-c6ccccc65)cc4)cc3)c3ccccc3-c3ccccc32)cc(OC)c1. The Bertz CT molecular complexity index is 3000. The van der Waals surface area contributed by atoms with E-state index in [0.717, 1.165) is 66.8 Å². The maximum Gasteiger partial charge on any atom is 0.127 e. The Labute approximate surface area is 369 Å². The lowest BCUT2D eigenvalue weighted by molar-refractivity contribution is 0.414. The van der Waals surface area contributed by atoms with Crippen LogP contribution in [0, 0.1) is 48.4 Å². The standard InChI is InChI=1S/C60H38O3/c1-5-41-35-43(39-49(37-41)61-3)31-33-59(55-19-11-7-15-51(55)52-16-8-12-20-56(52)59)45-23-27-47(28-24-45)63-48-29-25-46(26-30-48)60(34-32-44-36-42(6-2)38-50(40-44)62-4)57-21-13-9-17-53(57)54-18-10-14-22-58(54)60/h1-2,7-30,35-40H,3-4H3. The number of hydrogen-bond donors (Lipinski definition) is 0. The van der Waals surface area contributed by atoms with Gasteiger partial charge in [0.05, 0.1) is 14.2 Å². The van der Waals surface area contributed by atoms with Gasteiger partial charge in [0.25, 0.3) is 0 Å². The van der Waals surface area contributed by atoms with Gasteiger partial charge in [-0.1, -0.05) is 157 Å². The zero-order valence-electron chi connectivity index (χ0n) is 34.7. The molecule has 0 spiro atoms. The van der Waals surface area contributed by atoms with Crippen LogP contribution in [0.25, 0.3) is 22.3 Å². The van der Waals surface area contributed by atoms with E-state index in [4.69, 9.17) is 27.1 Å². The lowest BCUT2D eigenvalue weighted by atomic mass is 9.73. The molecular formula is C60H38O3. The van der Waals surface area contributed by atoms with Gasteiger partial charge in [-0.05, 0) is 116 Å². The average molecular weight is 807 g/mol. The van der Waals surface area contributed by atoms with E-state index < -0.39 is 10.8 Å². The van der Waals surface area contributed by atoms with Crippen LogP contribution in [0.15, 0.2) is 182 Å². The molecule has 0 N–H and O–H groups in total. The maximum absolute atomic E-state index is 6.58. The Morgan fingerprint density at radius 1 is 0.365 bits per heavy atom. The van der Waals surface area contributed by atoms with Crippen molar-refractivity contribution >= 4 is 0 Å². The summed E-state index contributed by atoms with van der Waals surface area (Å²) in [5.41, 5.74) is 12.7. The molecule has 0 amide bonds. The zero-order valence-corrected chi connectivity index (χ0v) is 34.7. The van der Waals surface area contributed by atoms with Crippen LogP contribution in [0.4, 0.5) is 0 Å². The number of hydrogen-bond acceptors (Lipinski definition) is 3. The lowest BCUT2D eigenvalue weighted by Gasteiger charge is -2.28. The lowest BCUT2D eigenvalue weighted by Crippen LogP contribution is -2.25. The maximum atomic E-state index is 6.58. The number of rotatable bonds is 6. The van der Waals surface area contributed by atoms with E-state index in [2.05, 4.69) is 157 Å². The van der Waals surface area contributed by atoms with E-state index in [1.165, 1.54) is 0 Å². The molecule has 3 heteroatoms. The van der Waals surface area contributed by atoms with Gasteiger partial charge in [-0.25, -0.2) is 0 Å². The molecule has 0 aromatic heterocycles. The molecule has 10 rings (SSSR count). The van der Waals surface area contributed by atoms with Crippen molar-refractivity contribution in [2.45, 2.75) is 10.8 Å². The van der Waals surface area contributed by atoms with Crippen LogP contribution < -0.4 is 14.2 Å². The average Bonchev–Trinajstić information content (AvgIpc) is 3.80. The van der Waals surface area contributed by atoms with Crippen molar-refractivity contribution < 1.29 is 14.2 Å². The van der Waals surface area contributed by atoms with Crippen LogP contribution in [-0.4, -0.2) is 14.2 Å². The Morgan fingerprint density at radius 2 is 0.683 bits per heavy atom. The Kier molecular flexibility index (Phi) is 9.67. The van der Waals surface area contributed by atoms with Crippen LogP contribution in [0.5, 0.6) is 23.0 Å². The van der Waals surface area contributed by atoms with Crippen LogP contribution in [0.2, 0.25) is 0 Å². The van der Waals surface area contributed by atoms with Gasteiger partial charge in [0.2, 0.25) is 0 Å². The fourth-order valence-electron chi connectivity index (χ4n) is 9.26. The highest BCUT2D eigenvalue weighted by atomic mass is 16.5. The molecule has 2 aliphatic rings.